The molecule has 0 heterocycles. The van der Waals surface area contributed by atoms with Crippen LogP contribution in [0.1, 0.15) is 37.5 Å². The Morgan fingerprint density at radius 2 is 1.76 bits per heavy atom. The fraction of sp³-hybridized carbons (Fsp3) is 0.385. The summed E-state index contributed by atoms with van der Waals surface area (Å²) >= 11 is 2.17. The van der Waals surface area contributed by atoms with Gasteiger partial charge in [-0.2, -0.15) is 8.78 Å². The van der Waals surface area contributed by atoms with E-state index in [4.69, 9.17) is 10.1 Å². The second kappa shape index (κ2) is 14.4. The van der Waals surface area contributed by atoms with E-state index in [9.17, 15) is 27.5 Å². The molecular weight excluding hydrogens is 619 g/mol. The molecule has 7 nitrogen and oxygen atoms in total. The summed E-state index contributed by atoms with van der Waals surface area (Å²) in [6, 6.07) is 8.62. The van der Waals surface area contributed by atoms with Crippen LogP contribution in [-0.2, 0) is 17.7 Å². The van der Waals surface area contributed by atoms with E-state index in [-0.39, 0.29) is 36.3 Å². The van der Waals surface area contributed by atoms with Gasteiger partial charge in [0, 0.05) is 34.0 Å². The second-order valence-corrected chi connectivity index (χ2v) is 10.7. The number of benzene rings is 2. The van der Waals surface area contributed by atoms with Crippen molar-refractivity contribution in [2.45, 2.75) is 58.0 Å². The maximum absolute atomic E-state index is 14.6. The number of amides is 1. The lowest BCUT2D eigenvalue weighted by molar-refractivity contribution is 0.0422. The first-order chi connectivity index (χ1) is 17.7. The molecule has 38 heavy (non-hydrogen) atoms. The van der Waals surface area contributed by atoms with E-state index >= 15 is 0 Å². The zero-order valence-electron chi connectivity index (χ0n) is 21.1. The van der Waals surface area contributed by atoms with Crippen LogP contribution in [0.3, 0.4) is 0 Å². The lowest BCUT2D eigenvalue weighted by Crippen LogP contribution is -2.50. The number of allylic oxidation sites excluding steroid dienone is 1. The maximum Gasteiger partial charge on any atom is 0.407 e. The summed E-state index contributed by atoms with van der Waals surface area (Å²) in [6.45, 7) is 1.92. The molecule has 208 valence electrons. The Hall–Kier alpha value is -2.71. The van der Waals surface area contributed by atoms with Crippen LogP contribution in [0.4, 0.5) is 22.4 Å². The van der Waals surface area contributed by atoms with E-state index in [1.807, 2.05) is 24.3 Å². The summed E-state index contributed by atoms with van der Waals surface area (Å²) in [4.78, 5) is 12.4. The number of alkyl carbamates (subject to hydrolysis) is 1. The highest BCUT2D eigenvalue weighted by molar-refractivity contribution is 14.1. The number of aliphatic hydroxyl groups is 1. The maximum atomic E-state index is 14.6. The Morgan fingerprint density at radius 3 is 2.32 bits per heavy atom. The minimum absolute atomic E-state index is 0.108. The molecule has 0 aliphatic carbocycles. The van der Waals surface area contributed by atoms with Gasteiger partial charge in [0.2, 0.25) is 0 Å². The van der Waals surface area contributed by atoms with Crippen LogP contribution in [0.15, 0.2) is 48.7 Å². The Morgan fingerprint density at radius 1 is 1.16 bits per heavy atom. The summed E-state index contributed by atoms with van der Waals surface area (Å²) in [5.74, 6) is -1.88. The van der Waals surface area contributed by atoms with Crippen molar-refractivity contribution in [3.63, 3.8) is 0 Å². The molecule has 0 aromatic heterocycles. The Labute approximate surface area is 232 Å². The first kappa shape index (κ1) is 31.5. The predicted octanol–water partition coefficient (Wildman–Crippen LogP) is 4.85. The normalized spacial score (nSPS) is 13.4. The fourth-order valence-electron chi connectivity index (χ4n) is 3.33. The molecule has 2 aromatic rings. The van der Waals surface area contributed by atoms with Gasteiger partial charge in [0.25, 0.3) is 0 Å². The molecule has 0 unspecified atom stereocenters. The average molecular weight is 650 g/mol. The zero-order valence-corrected chi connectivity index (χ0v) is 23.3. The Kier molecular flexibility index (Phi) is 12.0. The summed E-state index contributed by atoms with van der Waals surface area (Å²) in [5.41, 5.74) is -0.697. The van der Waals surface area contributed by atoms with Crippen molar-refractivity contribution in [2.24, 2.45) is 0 Å². The number of aliphatic hydroxyl groups excluding tert-OH is 1. The molecule has 0 aliphatic rings. The molecule has 5 N–H and O–H groups in total. The Bertz CT molecular complexity index is 1100. The van der Waals surface area contributed by atoms with Crippen molar-refractivity contribution < 1.29 is 32.2 Å². The minimum atomic E-state index is -2.83. The summed E-state index contributed by atoms with van der Waals surface area (Å²) in [5, 5.41) is 25.7. The molecule has 12 heteroatoms. The van der Waals surface area contributed by atoms with Crippen molar-refractivity contribution in [3.05, 3.63) is 80.6 Å². The molecule has 0 bridgehead atoms. The van der Waals surface area contributed by atoms with E-state index in [0.717, 1.165) is 33.5 Å². The predicted molar refractivity (Wildman–Crippen MR) is 145 cm³/mol. The smallest absolute Gasteiger partial charge is 0.407 e. The third-order valence-corrected chi connectivity index (χ3v) is 5.83. The lowest BCUT2D eigenvalue weighted by atomic mass is 10.0. The second-order valence-electron chi connectivity index (χ2n) is 9.41. The molecule has 0 spiro atoms. The number of rotatable bonds is 12. The van der Waals surface area contributed by atoms with Gasteiger partial charge in [-0.15, -0.1) is 0 Å². The van der Waals surface area contributed by atoms with Crippen LogP contribution in [0.2, 0.25) is 0 Å². The van der Waals surface area contributed by atoms with Gasteiger partial charge in [-0.1, -0.05) is 12.1 Å². The largest absolute Gasteiger partial charge is 0.444 e. The standard InChI is InChI=1S/C26H31F4IN4O3/c1-26(2,3)38-25(37)35-22(10-15-4-6-17(31)7-5-15)23(36)14-33-13-18-19(27)11-16(12-20(18)28)21(32)8-9-34-24(29)30/h4-9,11-12,22-24,32-34,36H,10,13-14H2,1-3H3,(H,35,37)/b9-8-,32-21?/t22-,23-/m0/s1. The molecule has 0 saturated heterocycles. The highest BCUT2D eigenvalue weighted by Crippen LogP contribution is 2.17. The molecule has 0 fully saturated rings. The number of halogens is 5. The van der Waals surface area contributed by atoms with Gasteiger partial charge in [-0.25, -0.2) is 13.6 Å². The van der Waals surface area contributed by atoms with Gasteiger partial charge >= 0.3 is 12.6 Å². The molecule has 2 rings (SSSR count). The number of carbonyl (C=O) groups is 1. The van der Waals surface area contributed by atoms with Crippen LogP contribution >= 0.6 is 22.6 Å². The van der Waals surface area contributed by atoms with Crippen molar-refractivity contribution in [1.82, 2.24) is 16.0 Å². The van der Waals surface area contributed by atoms with Crippen LogP contribution in [0, 0.1) is 20.6 Å². The first-order valence-electron chi connectivity index (χ1n) is 11.7. The van der Waals surface area contributed by atoms with Gasteiger partial charge in [0.15, 0.2) is 0 Å². The highest BCUT2D eigenvalue weighted by atomic mass is 127. The monoisotopic (exact) mass is 650 g/mol. The molecular formula is C26H31F4IN4O3. The van der Waals surface area contributed by atoms with E-state index in [0.29, 0.717) is 0 Å². The topological polar surface area (TPSA) is 106 Å². The summed E-state index contributed by atoms with van der Waals surface area (Å²) in [7, 11) is 0. The summed E-state index contributed by atoms with van der Waals surface area (Å²) in [6.07, 6.45) is 0.220. The number of hydrogen-bond acceptors (Lipinski definition) is 6. The zero-order chi connectivity index (χ0) is 28.5. The van der Waals surface area contributed by atoms with Crippen molar-refractivity contribution >= 4 is 34.4 Å². The highest BCUT2D eigenvalue weighted by Gasteiger charge is 2.25. The lowest BCUT2D eigenvalue weighted by Gasteiger charge is -2.27. The Balaban J connectivity index is 2.06. The van der Waals surface area contributed by atoms with Gasteiger partial charge in [-0.05, 0) is 85.7 Å². The molecule has 0 radical (unpaired) electrons. The number of nitrogens with one attached hydrogen (secondary N) is 4. The van der Waals surface area contributed by atoms with Gasteiger partial charge in [0.1, 0.15) is 17.2 Å². The van der Waals surface area contributed by atoms with Crippen LogP contribution < -0.4 is 16.0 Å². The van der Waals surface area contributed by atoms with Gasteiger partial charge in [-0.3, -0.25) is 0 Å². The van der Waals surface area contributed by atoms with E-state index in [2.05, 4.69) is 33.2 Å². The average Bonchev–Trinajstić information content (AvgIpc) is 2.80. The van der Waals surface area contributed by atoms with Crippen molar-refractivity contribution in [2.75, 3.05) is 6.54 Å². The van der Waals surface area contributed by atoms with E-state index in [1.165, 1.54) is 0 Å². The van der Waals surface area contributed by atoms with Crippen LogP contribution in [0.5, 0.6) is 0 Å². The number of alkyl halides is 2. The quantitative estimate of drug-likeness (QED) is 0.0979. The third kappa shape index (κ3) is 11.0. The molecule has 0 aliphatic heterocycles. The van der Waals surface area contributed by atoms with E-state index in [1.54, 1.807) is 26.1 Å². The first-order valence-corrected chi connectivity index (χ1v) is 12.7. The van der Waals surface area contributed by atoms with Gasteiger partial charge < -0.3 is 31.2 Å². The van der Waals surface area contributed by atoms with Crippen molar-refractivity contribution in [3.8, 4) is 0 Å². The van der Waals surface area contributed by atoms with Crippen LogP contribution in [-0.4, -0.2) is 47.8 Å². The van der Waals surface area contributed by atoms with Crippen molar-refractivity contribution in [1.29, 1.82) is 5.41 Å². The number of hydrogen-bond donors (Lipinski definition) is 5. The minimum Gasteiger partial charge on any atom is -0.444 e. The number of ether oxygens (including phenoxy) is 1. The van der Waals surface area contributed by atoms with E-state index < -0.39 is 42.0 Å². The molecule has 0 saturated carbocycles. The fourth-order valence-corrected chi connectivity index (χ4v) is 3.69. The van der Waals surface area contributed by atoms with Gasteiger partial charge in [0.05, 0.1) is 17.9 Å². The molecule has 1 amide bonds. The SMILES string of the molecule is CC(C)(C)OC(=O)N[C@@H](Cc1ccc(I)cc1)[C@@H](O)CNCc1c(F)cc(C(=N)/C=C\NC(F)F)cc1F. The molecule has 2 atom stereocenters. The van der Waals surface area contributed by atoms with Crippen LogP contribution in [0.25, 0.3) is 0 Å². The summed E-state index contributed by atoms with van der Waals surface area (Å²) < 4.78 is 59.8. The number of carbonyl (C=O) groups excluding carboxylic acids is 1. The molecule has 2 aromatic carbocycles. The third-order valence-electron chi connectivity index (χ3n) is 5.11.